The lowest BCUT2D eigenvalue weighted by Gasteiger charge is -2.23. The standard InChI is InChI=1S/C18H29NO/c1-8-9-13-10-14(16(20)19-18(5,6)7)12-15(11-13)17(2,3)4/h10-12H,8-9H2,1-7H3,(H,19,20). The molecule has 1 N–H and O–H groups in total. The largest absolute Gasteiger partial charge is 0.347 e. The maximum atomic E-state index is 12.4. The monoisotopic (exact) mass is 275 g/mol. The third-order valence-corrected chi connectivity index (χ3v) is 3.15. The number of carbonyl (C=O) groups is 1. The van der Waals surface area contributed by atoms with Crippen molar-refractivity contribution >= 4 is 5.91 Å². The summed E-state index contributed by atoms with van der Waals surface area (Å²) in [5, 5.41) is 3.04. The van der Waals surface area contributed by atoms with Crippen molar-refractivity contribution in [2.45, 2.75) is 72.3 Å². The first-order valence-electron chi connectivity index (χ1n) is 7.50. The first kappa shape index (κ1) is 16.7. The highest BCUT2D eigenvalue weighted by molar-refractivity contribution is 5.95. The summed E-state index contributed by atoms with van der Waals surface area (Å²) in [6.07, 6.45) is 2.10. The number of rotatable bonds is 3. The Morgan fingerprint density at radius 2 is 1.65 bits per heavy atom. The van der Waals surface area contributed by atoms with Crippen LogP contribution in [0.5, 0.6) is 0 Å². The average molecular weight is 275 g/mol. The summed E-state index contributed by atoms with van der Waals surface area (Å²) in [7, 11) is 0. The second-order valence-corrected chi connectivity index (χ2v) is 7.62. The Balaban J connectivity index is 3.18. The summed E-state index contributed by atoms with van der Waals surface area (Å²) < 4.78 is 0. The molecule has 2 nitrogen and oxygen atoms in total. The number of carbonyl (C=O) groups excluding carboxylic acids is 1. The van der Waals surface area contributed by atoms with Crippen LogP contribution in [-0.4, -0.2) is 11.4 Å². The molecule has 0 aliphatic carbocycles. The molecule has 20 heavy (non-hydrogen) atoms. The summed E-state index contributed by atoms with van der Waals surface area (Å²) >= 11 is 0. The van der Waals surface area contributed by atoms with Gasteiger partial charge in [0.15, 0.2) is 0 Å². The minimum absolute atomic E-state index is 0.0148. The molecule has 0 spiro atoms. The van der Waals surface area contributed by atoms with Crippen LogP contribution in [0, 0.1) is 0 Å². The van der Waals surface area contributed by atoms with E-state index in [9.17, 15) is 4.79 Å². The molecule has 0 fully saturated rings. The topological polar surface area (TPSA) is 29.1 Å². The number of hydrogen-bond acceptors (Lipinski definition) is 1. The van der Waals surface area contributed by atoms with Gasteiger partial charge in [-0.15, -0.1) is 0 Å². The van der Waals surface area contributed by atoms with Gasteiger partial charge in [0.1, 0.15) is 0 Å². The van der Waals surface area contributed by atoms with Gasteiger partial charge in [0.2, 0.25) is 0 Å². The minimum atomic E-state index is -0.209. The number of nitrogens with one attached hydrogen (secondary N) is 1. The van der Waals surface area contributed by atoms with Gasteiger partial charge in [-0.3, -0.25) is 4.79 Å². The SMILES string of the molecule is CCCc1cc(C(=O)NC(C)(C)C)cc(C(C)(C)C)c1. The molecule has 2 heteroatoms. The third-order valence-electron chi connectivity index (χ3n) is 3.15. The molecule has 0 aliphatic heterocycles. The fourth-order valence-electron chi connectivity index (χ4n) is 2.10. The second kappa shape index (κ2) is 5.99. The molecule has 1 rings (SSSR count). The highest BCUT2D eigenvalue weighted by Crippen LogP contribution is 2.25. The van der Waals surface area contributed by atoms with E-state index >= 15 is 0 Å². The van der Waals surface area contributed by atoms with Gasteiger partial charge in [-0.2, -0.15) is 0 Å². The lowest BCUT2D eigenvalue weighted by Crippen LogP contribution is -2.40. The van der Waals surface area contributed by atoms with Gasteiger partial charge >= 0.3 is 0 Å². The van der Waals surface area contributed by atoms with Gasteiger partial charge in [-0.25, -0.2) is 0 Å². The number of aryl methyl sites for hydroxylation is 1. The van der Waals surface area contributed by atoms with Gasteiger partial charge in [0, 0.05) is 11.1 Å². The van der Waals surface area contributed by atoms with Crippen LogP contribution in [0.25, 0.3) is 0 Å². The van der Waals surface area contributed by atoms with Crippen molar-refractivity contribution in [1.82, 2.24) is 5.32 Å². The number of amides is 1. The Kier molecular flexibility index (Phi) is 5.01. The molecule has 0 atom stereocenters. The third kappa shape index (κ3) is 4.99. The Morgan fingerprint density at radius 1 is 1.05 bits per heavy atom. The number of benzene rings is 1. The second-order valence-electron chi connectivity index (χ2n) is 7.62. The lowest BCUT2D eigenvalue weighted by atomic mass is 9.84. The van der Waals surface area contributed by atoms with E-state index in [1.165, 1.54) is 11.1 Å². The zero-order valence-electron chi connectivity index (χ0n) is 14.1. The van der Waals surface area contributed by atoms with Gasteiger partial charge in [0.05, 0.1) is 0 Å². The molecule has 0 aromatic heterocycles. The smallest absolute Gasteiger partial charge is 0.251 e. The van der Waals surface area contributed by atoms with Crippen LogP contribution in [0.4, 0.5) is 0 Å². The van der Waals surface area contributed by atoms with E-state index in [0.717, 1.165) is 18.4 Å². The van der Waals surface area contributed by atoms with E-state index in [1.54, 1.807) is 0 Å². The molecule has 0 unspecified atom stereocenters. The van der Waals surface area contributed by atoms with Crippen molar-refractivity contribution < 1.29 is 4.79 Å². The molecule has 0 saturated carbocycles. The quantitative estimate of drug-likeness (QED) is 0.866. The van der Waals surface area contributed by atoms with E-state index in [1.807, 2.05) is 32.9 Å². The van der Waals surface area contributed by atoms with Crippen LogP contribution < -0.4 is 5.32 Å². The molecule has 1 aromatic rings. The molecule has 0 radical (unpaired) electrons. The molecule has 0 bridgehead atoms. The molecule has 0 heterocycles. The Labute approximate surface area is 124 Å². The average Bonchev–Trinajstić information content (AvgIpc) is 2.25. The van der Waals surface area contributed by atoms with Crippen molar-refractivity contribution in [2.24, 2.45) is 0 Å². The summed E-state index contributed by atoms with van der Waals surface area (Å²) in [5.74, 6) is 0.0148. The Bertz CT molecular complexity index is 475. The van der Waals surface area contributed by atoms with Crippen molar-refractivity contribution in [1.29, 1.82) is 0 Å². The summed E-state index contributed by atoms with van der Waals surface area (Å²) in [6, 6.07) is 6.29. The maximum Gasteiger partial charge on any atom is 0.251 e. The lowest BCUT2D eigenvalue weighted by molar-refractivity contribution is 0.0919. The first-order chi connectivity index (χ1) is 9.03. The summed E-state index contributed by atoms with van der Waals surface area (Å²) in [4.78, 5) is 12.4. The van der Waals surface area contributed by atoms with Crippen LogP contribution in [-0.2, 0) is 11.8 Å². The van der Waals surface area contributed by atoms with Crippen LogP contribution in [0.3, 0.4) is 0 Å². The van der Waals surface area contributed by atoms with Gasteiger partial charge in [-0.1, -0.05) is 40.2 Å². The fraction of sp³-hybridized carbons (Fsp3) is 0.611. The van der Waals surface area contributed by atoms with Gasteiger partial charge in [0.25, 0.3) is 5.91 Å². The van der Waals surface area contributed by atoms with Crippen LogP contribution in [0.1, 0.15) is 76.4 Å². The summed E-state index contributed by atoms with van der Waals surface area (Å²) in [6.45, 7) is 14.7. The molecule has 1 aromatic carbocycles. The Hall–Kier alpha value is -1.31. The fourth-order valence-corrected chi connectivity index (χ4v) is 2.10. The van der Waals surface area contributed by atoms with E-state index in [0.29, 0.717) is 0 Å². The van der Waals surface area contributed by atoms with E-state index in [4.69, 9.17) is 0 Å². The molecule has 0 aliphatic rings. The van der Waals surface area contributed by atoms with Gasteiger partial charge in [-0.05, 0) is 55.9 Å². The van der Waals surface area contributed by atoms with Crippen molar-refractivity contribution in [3.8, 4) is 0 Å². The van der Waals surface area contributed by atoms with Crippen LogP contribution in [0.2, 0.25) is 0 Å². The van der Waals surface area contributed by atoms with Crippen LogP contribution in [0.15, 0.2) is 18.2 Å². The highest BCUT2D eigenvalue weighted by Gasteiger charge is 2.20. The predicted molar refractivity (Wildman–Crippen MR) is 86.4 cm³/mol. The highest BCUT2D eigenvalue weighted by atomic mass is 16.1. The van der Waals surface area contributed by atoms with E-state index in [-0.39, 0.29) is 16.9 Å². The van der Waals surface area contributed by atoms with E-state index in [2.05, 4.69) is 39.1 Å². The molecule has 0 saturated heterocycles. The normalized spacial score (nSPS) is 12.3. The molecular formula is C18H29NO. The maximum absolute atomic E-state index is 12.4. The molecule has 1 amide bonds. The zero-order valence-corrected chi connectivity index (χ0v) is 14.1. The van der Waals surface area contributed by atoms with Crippen molar-refractivity contribution in [2.75, 3.05) is 0 Å². The first-order valence-corrected chi connectivity index (χ1v) is 7.50. The Morgan fingerprint density at radius 3 is 2.10 bits per heavy atom. The predicted octanol–water partition coefficient (Wildman–Crippen LogP) is 4.46. The zero-order chi connectivity index (χ0) is 15.6. The van der Waals surface area contributed by atoms with E-state index < -0.39 is 0 Å². The van der Waals surface area contributed by atoms with Crippen molar-refractivity contribution in [3.05, 3.63) is 34.9 Å². The van der Waals surface area contributed by atoms with Gasteiger partial charge < -0.3 is 5.32 Å². The van der Waals surface area contributed by atoms with Crippen LogP contribution >= 0.6 is 0 Å². The summed E-state index contributed by atoms with van der Waals surface area (Å²) in [5.41, 5.74) is 3.09. The number of hydrogen-bond donors (Lipinski definition) is 1. The minimum Gasteiger partial charge on any atom is -0.347 e. The molecular weight excluding hydrogens is 246 g/mol. The van der Waals surface area contributed by atoms with Crippen molar-refractivity contribution in [3.63, 3.8) is 0 Å². The molecule has 112 valence electrons.